The number of benzene rings is 4. The van der Waals surface area contributed by atoms with Crippen LogP contribution in [0.3, 0.4) is 0 Å². The van der Waals surface area contributed by atoms with Gasteiger partial charge in [0.2, 0.25) is 0 Å². The first-order chi connectivity index (χ1) is 18.0. The fraction of sp³-hybridized carbons (Fsp3) is 0.219. The number of rotatable bonds is 11. The molecule has 0 saturated heterocycles. The number of aliphatic carboxylic acids is 1. The lowest BCUT2D eigenvalue weighted by Crippen LogP contribution is -2.32. The van der Waals surface area contributed by atoms with E-state index in [-0.39, 0.29) is 18.5 Å². The van der Waals surface area contributed by atoms with Crippen LogP contribution in [0.15, 0.2) is 103 Å². The molecular formula is C32H33NO4. The Morgan fingerprint density at radius 1 is 0.811 bits per heavy atom. The molecule has 2 atom stereocenters. The van der Waals surface area contributed by atoms with Crippen molar-refractivity contribution in [3.63, 3.8) is 0 Å². The second-order valence-electron chi connectivity index (χ2n) is 9.05. The Kier molecular flexibility index (Phi) is 8.60. The Morgan fingerprint density at radius 2 is 1.49 bits per heavy atom. The van der Waals surface area contributed by atoms with E-state index < -0.39 is 5.97 Å². The summed E-state index contributed by atoms with van der Waals surface area (Å²) in [6.45, 7) is 2.76. The third-order valence-corrected chi connectivity index (χ3v) is 6.75. The highest BCUT2D eigenvalue weighted by atomic mass is 16.5. The van der Waals surface area contributed by atoms with Gasteiger partial charge < -0.3 is 14.6 Å². The maximum atomic E-state index is 12.2. The van der Waals surface area contributed by atoms with Gasteiger partial charge in [-0.05, 0) is 47.4 Å². The van der Waals surface area contributed by atoms with Gasteiger partial charge in [-0.3, -0.25) is 9.69 Å². The van der Waals surface area contributed by atoms with E-state index in [4.69, 9.17) is 9.47 Å². The number of nitrogens with zero attached hydrogens (tertiary/aromatic N) is 1. The van der Waals surface area contributed by atoms with Crippen LogP contribution in [0.4, 0.5) is 0 Å². The Hall–Kier alpha value is -4.09. The number of carboxylic acid groups (broad SMARTS) is 1. The van der Waals surface area contributed by atoms with Crippen molar-refractivity contribution in [2.75, 3.05) is 14.2 Å². The molecule has 0 spiro atoms. The highest BCUT2D eigenvalue weighted by Gasteiger charge is 2.29. The van der Waals surface area contributed by atoms with Crippen molar-refractivity contribution < 1.29 is 19.4 Å². The van der Waals surface area contributed by atoms with Crippen LogP contribution in [-0.4, -0.2) is 30.2 Å². The van der Waals surface area contributed by atoms with E-state index in [1.54, 1.807) is 14.2 Å². The lowest BCUT2D eigenvalue weighted by Gasteiger charge is -2.37. The van der Waals surface area contributed by atoms with Crippen LogP contribution < -0.4 is 9.47 Å². The van der Waals surface area contributed by atoms with Gasteiger partial charge in [0.15, 0.2) is 0 Å². The quantitative estimate of drug-likeness (QED) is 0.239. The molecule has 4 rings (SSSR count). The van der Waals surface area contributed by atoms with Crippen LogP contribution in [0.25, 0.3) is 11.1 Å². The standard InChI is InChI=1S/C32H33NO4/c1-23(25-13-8-5-9-14-25)33(22-24-11-6-4-7-12-24)30(21-32(34)35)27-16-10-15-26(19-27)29-18-17-28(36-2)20-31(29)37-3/h4-20,23,30H,21-22H2,1-3H3,(H,34,35). The Balaban J connectivity index is 1.79. The molecule has 0 saturated carbocycles. The van der Waals surface area contributed by atoms with Gasteiger partial charge in [-0.25, -0.2) is 0 Å². The average molecular weight is 496 g/mol. The molecular weight excluding hydrogens is 462 g/mol. The average Bonchev–Trinajstić information content (AvgIpc) is 2.95. The molecule has 0 radical (unpaired) electrons. The minimum atomic E-state index is -0.837. The number of methoxy groups -OCH3 is 2. The van der Waals surface area contributed by atoms with E-state index in [0.717, 1.165) is 27.8 Å². The smallest absolute Gasteiger partial charge is 0.305 e. The summed E-state index contributed by atoms with van der Waals surface area (Å²) in [6, 6.07) is 33.9. The number of carbonyl (C=O) groups is 1. The van der Waals surface area contributed by atoms with Crippen molar-refractivity contribution in [2.45, 2.75) is 32.0 Å². The number of hydrogen-bond acceptors (Lipinski definition) is 4. The second-order valence-corrected chi connectivity index (χ2v) is 9.05. The molecule has 0 aliphatic rings. The maximum absolute atomic E-state index is 12.2. The van der Waals surface area contributed by atoms with Crippen molar-refractivity contribution >= 4 is 5.97 Å². The highest BCUT2D eigenvalue weighted by Crippen LogP contribution is 2.38. The van der Waals surface area contributed by atoms with Gasteiger partial charge in [-0.15, -0.1) is 0 Å². The van der Waals surface area contributed by atoms with Crippen molar-refractivity contribution in [1.82, 2.24) is 4.90 Å². The summed E-state index contributed by atoms with van der Waals surface area (Å²) in [5.41, 5.74) is 5.09. The van der Waals surface area contributed by atoms with Crippen molar-refractivity contribution in [1.29, 1.82) is 0 Å². The maximum Gasteiger partial charge on any atom is 0.305 e. The summed E-state index contributed by atoms with van der Waals surface area (Å²) in [6.07, 6.45) is -0.0206. The predicted octanol–water partition coefficient (Wildman–Crippen LogP) is 7.15. The molecule has 0 aliphatic carbocycles. The van der Waals surface area contributed by atoms with Crippen molar-refractivity contribution in [3.05, 3.63) is 120 Å². The highest BCUT2D eigenvalue weighted by molar-refractivity contribution is 5.73. The van der Waals surface area contributed by atoms with Crippen LogP contribution in [0, 0.1) is 0 Å². The lowest BCUT2D eigenvalue weighted by atomic mass is 9.93. The summed E-state index contributed by atoms with van der Waals surface area (Å²) in [5, 5.41) is 9.98. The number of ether oxygens (including phenoxy) is 2. The van der Waals surface area contributed by atoms with E-state index in [1.807, 2.05) is 72.8 Å². The van der Waals surface area contributed by atoms with Crippen molar-refractivity contribution in [3.8, 4) is 22.6 Å². The molecule has 5 nitrogen and oxygen atoms in total. The Labute approximate surface area is 218 Å². The summed E-state index contributed by atoms with van der Waals surface area (Å²) in [4.78, 5) is 14.4. The van der Waals surface area contributed by atoms with E-state index in [1.165, 1.54) is 0 Å². The summed E-state index contributed by atoms with van der Waals surface area (Å²) < 4.78 is 11.0. The van der Waals surface area contributed by atoms with Gasteiger partial charge in [-0.2, -0.15) is 0 Å². The monoisotopic (exact) mass is 495 g/mol. The van der Waals surface area contributed by atoms with E-state index in [0.29, 0.717) is 18.0 Å². The van der Waals surface area contributed by atoms with Gasteiger partial charge in [-0.1, -0.05) is 78.9 Å². The zero-order chi connectivity index (χ0) is 26.2. The molecule has 37 heavy (non-hydrogen) atoms. The zero-order valence-corrected chi connectivity index (χ0v) is 21.5. The number of hydrogen-bond donors (Lipinski definition) is 1. The first kappa shape index (κ1) is 26.0. The van der Waals surface area contributed by atoms with Crippen LogP contribution >= 0.6 is 0 Å². The first-order valence-electron chi connectivity index (χ1n) is 12.4. The zero-order valence-electron chi connectivity index (χ0n) is 21.5. The molecule has 0 amide bonds. The van der Waals surface area contributed by atoms with Crippen LogP contribution in [-0.2, 0) is 11.3 Å². The summed E-state index contributed by atoms with van der Waals surface area (Å²) >= 11 is 0. The third kappa shape index (κ3) is 6.38. The van der Waals surface area contributed by atoms with Crippen molar-refractivity contribution in [2.24, 2.45) is 0 Å². The molecule has 0 aliphatic heterocycles. The van der Waals surface area contributed by atoms with Crippen LogP contribution in [0.5, 0.6) is 11.5 Å². The Morgan fingerprint density at radius 3 is 2.14 bits per heavy atom. The largest absolute Gasteiger partial charge is 0.497 e. The summed E-state index contributed by atoms with van der Waals surface area (Å²) in [5.74, 6) is 0.576. The van der Waals surface area contributed by atoms with Crippen LogP contribution in [0.2, 0.25) is 0 Å². The molecule has 0 bridgehead atoms. The Bertz CT molecular complexity index is 1310. The van der Waals surface area contributed by atoms with Gasteiger partial charge in [0.05, 0.1) is 20.6 Å². The van der Waals surface area contributed by atoms with Crippen LogP contribution in [0.1, 0.15) is 42.1 Å². The topological polar surface area (TPSA) is 59.0 Å². The molecule has 0 heterocycles. The normalized spacial score (nSPS) is 12.6. The lowest BCUT2D eigenvalue weighted by molar-refractivity contribution is -0.138. The SMILES string of the molecule is COc1ccc(-c2cccc(C(CC(=O)O)N(Cc3ccccc3)C(C)c3ccccc3)c2)c(OC)c1. The van der Waals surface area contributed by atoms with Gasteiger partial charge in [0.25, 0.3) is 0 Å². The van der Waals surface area contributed by atoms with E-state index in [9.17, 15) is 9.90 Å². The fourth-order valence-electron chi connectivity index (χ4n) is 4.78. The fourth-order valence-corrected chi connectivity index (χ4v) is 4.78. The minimum Gasteiger partial charge on any atom is -0.497 e. The molecule has 4 aromatic rings. The first-order valence-corrected chi connectivity index (χ1v) is 12.4. The molecule has 4 aromatic carbocycles. The molecule has 1 N–H and O–H groups in total. The molecule has 5 heteroatoms. The van der Waals surface area contributed by atoms with Gasteiger partial charge in [0, 0.05) is 30.3 Å². The van der Waals surface area contributed by atoms with Gasteiger partial charge in [0.1, 0.15) is 11.5 Å². The third-order valence-electron chi connectivity index (χ3n) is 6.75. The van der Waals surface area contributed by atoms with E-state index in [2.05, 4.69) is 42.2 Å². The summed E-state index contributed by atoms with van der Waals surface area (Å²) in [7, 11) is 3.26. The number of carboxylic acids is 1. The molecule has 0 fully saturated rings. The molecule has 0 aromatic heterocycles. The predicted molar refractivity (Wildman–Crippen MR) is 147 cm³/mol. The molecule has 190 valence electrons. The van der Waals surface area contributed by atoms with E-state index >= 15 is 0 Å². The minimum absolute atomic E-state index is 0.00932. The molecule has 2 unspecified atom stereocenters. The van der Waals surface area contributed by atoms with Gasteiger partial charge >= 0.3 is 5.97 Å². The second kappa shape index (κ2) is 12.2.